The van der Waals surface area contributed by atoms with Crippen molar-refractivity contribution in [1.29, 1.82) is 0 Å². The van der Waals surface area contributed by atoms with Crippen molar-refractivity contribution in [2.24, 2.45) is 5.73 Å². The summed E-state index contributed by atoms with van der Waals surface area (Å²) in [5.41, 5.74) is 12.8. The first-order valence-electron chi connectivity index (χ1n) is 5.73. The molecule has 92 valence electrons. The van der Waals surface area contributed by atoms with Crippen molar-refractivity contribution in [3.63, 3.8) is 0 Å². The molecule has 0 aliphatic carbocycles. The van der Waals surface area contributed by atoms with Gasteiger partial charge in [0.05, 0.1) is 11.5 Å². The Bertz CT molecular complexity index is 540. The number of nitrogens with zero attached hydrogens (tertiary/aromatic N) is 1. The minimum Gasteiger partial charge on any atom is -0.383 e. The van der Waals surface area contributed by atoms with Crippen LogP contribution >= 0.6 is 0 Å². The molecular weight excluding hydrogens is 226 g/mol. The molecule has 0 spiro atoms. The summed E-state index contributed by atoms with van der Waals surface area (Å²) >= 11 is 0. The van der Waals surface area contributed by atoms with Crippen molar-refractivity contribution in [3.05, 3.63) is 59.8 Å². The van der Waals surface area contributed by atoms with Crippen molar-refractivity contribution < 1.29 is 4.79 Å². The number of carbonyl (C=O) groups is 1. The predicted molar refractivity (Wildman–Crippen MR) is 71.2 cm³/mol. The van der Waals surface area contributed by atoms with E-state index < -0.39 is 0 Å². The summed E-state index contributed by atoms with van der Waals surface area (Å²) in [6, 6.07) is 12.8. The fraction of sp³-hybridized carbons (Fsp3) is 0.143. The van der Waals surface area contributed by atoms with Crippen LogP contribution in [0.3, 0.4) is 0 Å². The second-order valence-corrected chi connectivity index (χ2v) is 4.00. The number of hydrogen-bond acceptors (Lipinski definition) is 4. The third-order valence-electron chi connectivity index (χ3n) is 2.86. The molecule has 0 radical (unpaired) electrons. The van der Waals surface area contributed by atoms with Gasteiger partial charge in [-0.15, -0.1) is 0 Å². The van der Waals surface area contributed by atoms with Gasteiger partial charge in [-0.3, -0.25) is 4.79 Å². The summed E-state index contributed by atoms with van der Waals surface area (Å²) in [5.74, 6) is -0.219. The molecule has 4 nitrogen and oxygen atoms in total. The molecule has 18 heavy (non-hydrogen) atoms. The molecule has 0 saturated carbocycles. The van der Waals surface area contributed by atoms with E-state index in [-0.39, 0.29) is 24.1 Å². The Balaban J connectivity index is 2.35. The van der Waals surface area contributed by atoms with Crippen LogP contribution in [0.1, 0.15) is 21.8 Å². The van der Waals surface area contributed by atoms with E-state index >= 15 is 0 Å². The van der Waals surface area contributed by atoms with E-state index in [1.807, 2.05) is 30.3 Å². The van der Waals surface area contributed by atoms with Crippen molar-refractivity contribution in [2.45, 2.75) is 5.92 Å². The molecule has 4 heteroatoms. The first-order valence-corrected chi connectivity index (χ1v) is 5.73. The lowest BCUT2D eigenvalue weighted by atomic mass is 9.91. The summed E-state index contributed by atoms with van der Waals surface area (Å²) in [6.07, 6.45) is 1.56. The highest BCUT2D eigenvalue weighted by molar-refractivity contribution is 6.04. The molecule has 0 aliphatic heterocycles. The Labute approximate surface area is 106 Å². The van der Waals surface area contributed by atoms with Gasteiger partial charge in [-0.25, -0.2) is 4.98 Å². The van der Waals surface area contributed by atoms with Gasteiger partial charge in [-0.05, 0) is 17.7 Å². The molecule has 0 bridgehead atoms. The van der Waals surface area contributed by atoms with E-state index in [1.54, 1.807) is 18.3 Å². The highest BCUT2D eigenvalue weighted by Gasteiger charge is 2.22. The topological polar surface area (TPSA) is 82.0 Å². The van der Waals surface area contributed by atoms with Gasteiger partial charge in [-0.2, -0.15) is 0 Å². The molecule has 1 aromatic heterocycles. The monoisotopic (exact) mass is 241 g/mol. The zero-order chi connectivity index (χ0) is 13.0. The fourth-order valence-electron chi connectivity index (χ4n) is 1.89. The molecule has 2 rings (SSSR count). The molecule has 1 atom stereocenters. The molecule has 0 amide bonds. The Kier molecular flexibility index (Phi) is 3.69. The highest BCUT2D eigenvalue weighted by atomic mass is 16.1. The van der Waals surface area contributed by atoms with Gasteiger partial charge in [0.15, 0.2) is 5.78 Å². The van der Waals surface area contributed by atoms with Gasteiger partial charge in [0.1, 0.15) is 5.82 Å². The maximum absolute atomic E-state index is 12.4. The summed E-state index contributed by atoms with van der Waals surface area (Å²) in [5, 5.41) is 0. The standard InChI is InChI=1S/C14H15N3O/c15-9-12(10-5-2-1-3-6-10)13(18)11-7-4-8-17-14(11)16/h1-8,12H,9,15H2,(H2,16,17). The fourth-order valence-corrected chi connectivity index (χ4v) is 1.89. The van der Waals surface area contributed by atoms with Gasteiger partial charge in [-0.1, -0.05) is 30.3 Å². The summed E-state index contributed by atoms with van der Waals surface area (Å²) in [6.45, 7) is 0.247. The summed E-state index contributed by atoms with van der Waals surface area (Å²) < 4.78 is 0. The van der Waals surface area contributed by atoms with E-state index in [1.165, 1.54) is 0 Å². The number of Topliss-reactive ketones (excluding diaryl/α,β-unsaturated/α-hetero) is 1. The molecule has 1 unspecified atom stereocenters. The lowest BCUT2D eigenvalue weighted by Crippen LogP contribution is -2.22. The van der Waals surface area contributed by atoms with E-state index in [0.717, 1.165) is 5.56 Å². The normalized spacial score (nSPS) is 12.1. The average molecular weight is 241 g/mol. The lowest BCUT2D eigenvalue weighted by molar-refractivity contribution is 0.0963. The van der Waals surface area contributed by atoms with Crippen molar-refractivity contribution in [1.82, 2.24) is 4.98 Å². The summed E-state index contributed by atoms with van der Waals surface area (Å²) in [4.78, 5) is 16.3. The summed E-state index contributed by atoms with van der Waals surface area (Å²) in [7, 11) is 0. The first kappa shape index (κ1) is 12.3. The van der Waals surface area contributed by atoms with Crippen LogP contribution in [0, 0.1) is 0 Å². The van der Waals surface area contributed by atoms with Gasteiger partial charge in [0, 0.05) is 12.7 Å². The van der Waals surface area contributed by atoms with Gasteiger partial charge in [0.2, 0.25) is 0 Å². The number of anilines is 1. The molecule has 2 aromatic rings. The van der Waals surface area contributed by atoms with Crippen LogP contribution in [0.5, 0.6) is 0 Å². The third-order valence-corrected chi connectivity index (χ3v) is 2.86. The Morgan fingerprint density at radius 1 is 1.17 bits per heavy atom. The number of nitrogen functional groups attached to an aromatic ring is 1. The first-order chi connectivity index (χ1) is 8.74. The molecule has 4 N–H and O–H groups in total. The second kappa shape index (κ2) is 5.42. The predicted octanol–water partition coefficient (Wildman–Crippen LogP) is 1.59. The van der Waals surface area contributed by atoms with Crippen LogP contribution in [0.15, 0.2) is 48.7 Å². The number of hydrogen-bond donors (Lipinski definition) is 2. The molecule has 0 fully saturated rings. The SMILES string of the molecule is NCC(C(=O)c1cccnc1N)c1ccccc1. The van der Waals surface area contributed by atoms with Crippen molar-refractivity contribution in [3.8, 4) is 0 Å². The van der Waals surface area contributed by atoms with Crippen LogP contribution in [0.25, 0.3) is 0 Å². The molecule has 1 heterocycles. The number of nitrogens with two attached hydrogens (primary N) is 2. The van der Waals surface area contributed by atoms with E-state index in [0.29, 0.717) is 5.56 Å². The highest BCUT2D eigenvalue weighted by Crippen LogP contribution is 2.21. The third kappa shape index (κ3) is 2.38. The van der Waals surface area contributed by atoms with Crippen LogP contribution in [0.4, 0.5) is 5.82 Å². The Morgan fingerprint density at radius 2 is 1.89 bits per heavy atom. The van der Waals surface area contributed by atoms with E-state index in [2.05, 4.69) is 4.98 Å². The number of rotatable bonds is 4. The van der Waals surface area contributed by atoms with E-state index in [9.17, 15) is 4.79 Å². The quantitative estimate of drug-likeness (QED) is 0.796. The van der Waals surface area contributed by atoms with Crippen LogP contribution in [0.2, 0.25) is 0 Å². The maximum atomic E-state index is 12.4. The molecular formula is C14H15N3O. The molecule has 0 saturated heterocycles. The zero-order valence-corrected chi connectivity index (χ0v) is 9.91. The number of ketones is 1. The molecule has 1 aromatic carbocycles. The number of carbonyl (C=O) groups excluding carboxylic acids is 1. The smallest absolute Gasteiger partial charge is 0.175 e. The van der Waals surface area contributed by atoms with Crippen LogP contribution in [-0.2, 0) is 0 Å². The maximum Gasteiger partial charge on any atom is 0.175 e. The van der Waals surface area contributed by atoms with Gasteiger partial charge in [0.25, 0.3) is 0 Å². The Hall–Kier alpha value is -2.20. The number of benzene rings is 1. The van der Waals surface area contributed by atoms with Crippen LogP contribution in [-0.4, -0.2) is 17.3 Å². The largest absolute Gasteiger partial charge is 0.383 e. The Morgan fingerprint density at radius 3 is 2.50 bits per heavy atom. The minimum absolute atomic E-state index is 0.0886. The minimum atomic E-state index is -0.377. The van der Waals surface area contributed by atoms with Crippen LogP contribution < -0.4 is 11.5 Å². The average Bonchev–Trinajstić information content (AvgIpc) is 2.41. The lowest BCUT2D eigenvalue weighted by Gasteiger charge is -2.14. The van der Waals surface area contributed by atoms with Gasteiger partial charge >= 0.3 is 0 Å². The van der Waals surface area contributed by atoms with E-state index in [4.69, 9.17) is 11.5 Å². The molecule has 0 aliphatic rings. The van der Waals surface area contributed by atoms with Gasteiger partial charge < -0.3 is 11.5 Å². The van der Waals surface area contributed by atoms with Crippen molar-refractivity contribution in [2.75, 3.05) is 12.3 Å². The zero-order valence-electron chi connectivity index (χ0n) is 9.91. The number of aromatic nitrogens is 1. The number of pyridine rings is 1. The second-order valence-electron chi connectivity index (χ2n) is 4.00. The van der Waals surface area contributed by atoms with Crippen molar-refractivity contribution >= 4 is 11.6 Å².